The summed E-state index contributed by atoms with van der Waals surface area (Å²) < 4.78 is 10.5. The molecule has 0 spiro atoms. The van der Waals surface area contributed by atoms with Crippen LogP contribution < -0.4 is 9.47 Å². The molecule has 0 radical (unpaired) electrons. The van der Waals surface area contributed by atoms with Crippen LogP contribution in [0.4, 0.5) is 0 Å². The van der Waals surface area contributed by atoms with Crippen molar-refractivity contribution in [3.8, 4) is 11.5 Å². The van der Waals surface area contributed by atoms with Gasteiger partial charge in [-0.25, -0.2) is 4.98 Å². The Morgan fingerprint density at radius 2 is 2.00 bits per heavy atom. The van der Waals surface area contributed by atoms with E-state index < -0.39 is 5.97 Å². The number of hydrogen-bond acceptors (Lipinski definition) is 5. The SMILES string of the molecule is COc1cc2nc(C(C)N(C)CC(=O)O)[nH]c2cc1OC. The van der Waals surface area contributed by atoms with Gasteiger partial charge in [0.15, 0.2) is 11.5 Å². The normalized spacial score (nSPS) is 12.6. The average molecular weight is 293 g/mol. The van der Waals surface area contributed by atoms with E-state index in [1.165, 1.54) is 0 Å². The zero-order valence-electron chi connectivity index (χ0n) is 12.5. The van der Waals surface area contributed by atoms with E-state index in [0.29, 0.717) is 17.3 Å². The van der Waals surface area contributed by atoms with Crippen molar-refractivity contribution in [1.29, 1.82) is 0 Å². The van der Waals surface area contributed by atoms with Crippen LogP contribution in [0.1, 0.15) is 18.8 Å². The molecule has 0 amide bonds. The number of rotatable bonds is 6. The summed E-state index contributed by atoms with van der Waals surface area (Å²) >= 11 is 0. The number of methoxy groups -OCH3 is 2. The monoisotopic (exact) mass is 293 g/mol. The Morgan fingerprint density at radius 1 is 1.38 bits per heavy atom. The first-order valence-electron chi connectivity index (χ1n) is 6.50. The van der Waals surface area contributed by atoms with Crippen LogP contribution in [-0.2, 0) is 4.79 Å². The maximum atomic E-state index is 10.8. The first kappa shape index (κ1) is 15.1. The third-order valence-corrected chi connectivity index (χ3v) is 3.45. The first-order chi connectivity index (χ1) is 9.96. The number of carbonyl (C=O) groups is 1. The van der Waals surface area contributed by atoms with Crippen molar-refractivity contribution in [1.82, 2.24) is 14.9 Å². The number of carboxylic acid groups (broad SMARTS) is 1. The molecular weight excluding hydrogens is 274 g/mol. The Morgan fingerprint density at radius 3 is 2.57 bits per heavy atom. The number of imidazole rings is 1. The number of aromatic amines is 1. The van der Waals surface area contributed by atoms with Crippen LogP contribution >= 0.6 is 0 Å². The van der Waals surface area contributed by atoms with Crippen molar-refractivity contribution in [2.45, 2.75) is 13.0 Å². The number of aliphatic carboxylic acids is 1. The zero-order chi connectivity index (χ0) is 15.6. The Kier molecular flexibility index (Phi) is 4.32. The predicted octanol–water partition coefficient (Wildman–Crippen LogP) is 1.66. The van der Waals surface area contributed by atoms with Crippen molar-refractivity contribution < 1.29 is 19.4 Å². The van der Waals surface area contributed by atoms with Gasteiger partial charge in [-0.05, 0) is 14.0 Å². The molecule has 7 nitrogen and oxygen atoms in total. The third-order valence-electron chi connectivity index (χ3n) is 3.45. The summed E-state index contributed by atoms with van der Waals surface area (Å²) in [5.74, 6) is 1.05. The molecule has 0 saturated carbocycles. The van der Waals surface area contributed by atoms with Crippen LogP contribution in [-0.4, -0.2) is 53.8 Å². The summed E-state index contributed by atoms with van der Waals surface area (Å²) in [6, 6.07) is 3.46. The van der Waals surface area contributed by atoms with E-state index in [0.717, 1.165) is 11.0 Å². The number of benzene rings is 1. The summed E-state index contributed by atoms with van der Waals surface area (Å²) in [4.78, 5) is 20.2. The van der Waals surface area contributed by atoms with Gasteiger partial charge in [-0.3, -0.25) is 9.69 Å². The predicted molar refractivity (Wildman–Crippen MR) is 77.9 cm³/mol. The van der Waals surface area contributed by atoms with E-state index in [-0.39, 0.29) is 12.6 Å². The molecule has 7 heteroatoms. The molecule has 0 aliphatic heterocycles. The molecule has 21 heavy (non-hydrogen) atoms. The molecule has 2 aromatic rings. The average Bonchev–Trinajstić information content (AvgIpc) is 2.86. The number of ether oxygens (including phenoxy) is 2. The summed E-state index contributed by atoms with van der Waals surface area (Å²) in [6.45, 7) is 1.85. The number of hydrogen-bond donors (Lipinski definition) is 2. The van der Waals surface area contributed by atoms with Gasteiger partial charge < -0.3 is 19.6 Å². The lowest BCUT2D eigenvalue weighted by molar-refractivity contribution is -0.138. The van der Waals surface area contributed by atoms with E-state index in [1.54, 1.807) is 32.2 Å². The lowest BCUT2D eigenvalue weighted by Gasteiger charge is -2.20. The second-order valence-corrected chi connectivity index (χ2v) is 4.83. The second-order valence-electron chi connectivity index (χ2n) is 4.83. The molecule has 0 fully saturated rings. The molecule has 1 aromatic heterocycles. The number of H-pyrrole nitrogens is 1. The first-order valence-corrected chi connectivity index (χ1v) is 6.50. The maximum absolute atomic E-state index is 10.8. The quantitative estimate of drug-likeness (QED) is 0.842. The summed E-state index contributed by atoms with van der Waals surface area (Å²) in [7, 11) is 4.89. The fraction of sp³-hybridized carbons (Fsp3) is 0.429. The van der Waals surface area contributed by atoms with E-state index in [4.69, 9.17) is 14.6 Å². The van der Waals surface area contributed by atoms with Crippen molar-refractivity contribution in [2.75, 3.05) is 27.8 Å². The highest BCUT2D eigenvalue weighted by atomic mass is 16.5. The summed E-state index contributed by atoms with van der Waals surface area (Å²) in [5, 5.41) is 8.85. The van der Waals surface area contributed by atoms with Crippen molar-refractivity contribution in [3.63, 3.8) is 0 Å². The van der Waals surface area contributed by atoms with Crippen LogP contribution in [0, 0.1) is 0 Å². The van der Waals surface area contributed by atoms with E-state index in [9.17, 15) is 4.79 Å². The summed E-state index contributed by atoms with van der Waals surface area (Å²) in [5.41, 5.74) is 1.57. The molecule has 0 bridgehead atoms. The highest BCUT2D eigenvalue weighted by Gasteiger charge is 2.18. The Hall–Kier alpha value is -2.28. The molecule has 0 saturated heterocycles. The second kappa shape index (κ2) is 6.01. The Bertz CT molecular complexity index is 612. The topological polar surface area (TPSA) is 87.7 Å². The highest BCUT2D eigenvalue weighted by Crippen LogP contribution is 2.32. The van der Waals surface area contributed by atoms with Gasteiger partial charge in [-0.2, -0.15) is 0 Å². The molecule has 1 unspecified atom stereocenters. The van der Waals surface area contributed by atoms with Crippen LogP contribution in [0.2, 0.25) is 0 Å². The largest absolute Gasteiger partial charge is 0.493 e. The molecule has 0 aliphatic rings. The van der Waals surface area contributed by atoms with Gasteiger partial charge in [0.25, 0.3) is 0 Å². The molecule has 2 rings (SSSR count). The number of fused-ring (bicyclic) bond motifs is 1. The molecule has 1 heterocycles. The zero-order valence-corrected chi connectivity index (χ0v) is 12.5. The van der Waals surface area contributed by atoms with Crippen molar-refractivity contribution in [2.24, 2.45) is 0 Å². The van der Waals surface area contributed by atoms with Gasteiger partial charge in [-0.15, -0.1) is 0 Å². The molecule has 0 aliphatic carbocycles. The number of nitrogens with one attached hydrogen (secondary N) is 1. The van der Waals surface area contributed by atoms with Crippen molar-refractivity contribution >= 4 is 17.0 Å². The Labute approximate surface area is 122 Å². The minimum absolute atomic E-state index is 0.0507. The fourth-order valence-corrected chi connectivity index (χ4v) is 2.11. The smallest absolute Gasteiger partial charge is 0.317 e. The van der Waals surface area contributed by atoms with E-state index in [1.807, 2.05) is 13.0 Å². The maximum Gasteiger partial charge on any atom is 0.317 e. The Balaban J connectivity index is 2.36. The number of aromatic nitrogens is 2. The van der Waals surface area contributed by atoms with Crippen LogP contribution in [0.3, 0.4) is 0 Å². The van der Waals surface area contributed by atoms with Gasteiger partial charge in [0.1, 0.15) is 5.82 Å². The van der Waals surface area contributed by atoms with Gasteiger partial charge in [0.2, 0.25) is 0 Å². The summed E-state index contributed by atoms with van der Waals surface area (Å²) in [6.07, 6.45) is 0. The van der Waals surface area contributed by atoms with E-state index in [2.05, 4.69) is 9.97 Å². The fourth-order valence-electron chi connectivity index (χ4n) is 2.11. The number of nitrogens with zero attached hydrogens (tertiary/aromatic N) is 2. The standard InChI is InChI=1S/C14H19N3O4/c1-8(17(2)7-13(18)19)14-15-9-5-11(20-3)12(21-4)6-10(9)16-14/h5-6,8H,7H2,1-4H3,(H,15,16)(H,18,19). The lowest BCUT2D eigenvalue weighted by Crippen LogP contribution is -2.29. The van der Waals surface area contributed by atoms with Crippen LogP contribution in [0.25, 0.3) is 11.0 Å². The van der Waals surface area contributed by atoms with Gasteiger partial charge in [0.05, 0.1) is 37.8 Å². The minimum atomic E-state index is -0.871. The van der Waals surface area contributed by atoms with Gasteiger partial charge in [-0.1, -0.05) is 0 Å². The van der Waals surface area contributed by atoms with Crippen LogP contribution in [0.5, 0.6) is 11.5 Å². The molecular formula is C14H19N3O4. The van der Waals surface area contributed by atoms with Crippen molar-refractivity contribution in [3.05, 3.63) is 18.0 Å². The highest BCUT2D eigenvalue weighted by molar-refractivity contribution is 5.80. The van der Waals surface area contributed by atoms with E-state index >= 15 is 0 Å². The molecule has 1 atom stereocenters. The number of carboxylic acids is 1. The van der Waals surface area contributed by atoms with Crippen LogP contribution in [0.15, 0.2) is 12.1 Å². The lowest BCUT2D eigenvalue weighted by atomic mass is 10.3. The minimum Gasteiger partial charge on any atom is -0.493 e. The molecule has 114 valence electrons. The molecule has 1 aromatic carbocycles. The third kappa shape index (κ3) is 3.08. The molecule has 2 N–H and O–H groups in total. The van der Waals surface area contributed by atoms with Gasteiger partial charge >= 0.3 is 5.97 Å². The number of likely N-dealkylation sites (N-methyl/N-ethyl adjacent to an activating group) is 1. The van der Waals surface area contributed by atoms with Gasteiger partial charge in [0, 0.05) is 12.1 Å².